The van der Waals surface area contributed by atoms with E-state index in [-0.39, 0.29) is 11.8 Å². The zero-order valence-corrected chi connectivity index (χ0v) is 14.8. The third-order valence-electron chi connectivity index (χ3n) is 4.46. The molecule has 7 heteroatoms. The van der Waals surface area contributed by atoms with Crippen LogP contribution in [0, 0.1) is 0 Å². The first kappa shape index (κ1) is 15.8. The van der Waals surface area contributed by atoms with Crippen molar-refractivity contribution in [3.63, 3.8) is 0 Å². The highest BCUT2D eigenvalue weighted by Crippen LogP contribution is 2.38. The van der Waals surface area contributed by atoms with E-state index in [1.807, 2.05) is 40.9 Å². The first-order valence-corrected chi connectivity index (χ1v) is 10.2. The van der Waals surface area contributed by atoms with Crippen LogP contribution in [-0.2, 0) is 17.0 Å². The van der Waals surface area contributed by atoms with Crippen LogP contribution in [0.4, 0.5) is 0 Å². The molecule has 2 aliphatic heterocycles. The molecule has 2 amide bonds. The van der Waals surface area contributed by atoms with Crippen LogP contribution in [0.15, 0.2) is 24.5 Å². The molecule has 0 aromatic carbocycles. The molecule has 1 atom stereocenters. The molecule has 2 aromatic heterocycles. The second kappa shape index (κ2) is 6.64. The third-order valence-corrected chi connectivity index (χ3v) is 6.87. The number of hydrogen-bond donors (Lipinski definition) is 2. The normalized spacial score (nSPS) is 20.3. The van der Waals surface area contributed by atoms with Crippen molar-refractivity contribution in [3.05, 3.63) is 40.5 Å². The van der Waals surface area contributed by atoms with Crippen LogP contribution in [-0.4, -0.2) is 34.7 Å². The van der Waals surface area contributed by atoms with Crippen molar-refractivity contribution in [1.29, 1.82) is 0 Å². The predicted molar refractivity (Wildman–Crippen MR) is 97.0 cm³/mol. The molecule has 0 unspecified atom stereocenters. The van der Waals surface area contributed by atoms with Gasteiger partial charge in [0.25, 0.3) is 5.91 Å². The average Bonchev–Trinajstić information content (AvgIpc) is 3.23. The van der Waals surface area contributed by atoms with E-state index in [2.05, 4.69) is 10.6 Å². The Balaban J connectivity index is 1.69. The fourth-order valence-corrected chi connectivity index (χ4v) is 5.69. The highest BCUT2D eigenvalue weighted by molar-refractivity contribution is 7.98. The Kier molecular flexibility index (Phi) is 4.37. The summed E-state index contributed by atoms with van der Waals surface area (Å²) in [6.45, 7) is 0.699. The summed E-state index contributed by atoms with van der Waals surface area (Å²) in [5, 5.41) is 6.75. The van der Waals surface area contributed by atoms with E-state index in [0.717, 1.165) is 40.5 Å². The van der Waals surface area contributed by atoms with Crippen LogP contribution in [0.1, 0.15) is 33.6 Å². The van der Waals surface area contributed by atoms with Crippen LogP contribution in [0.2, 0.25) is 0 Å². The number of fused-ring (bicyclic) bond motifs is 1. The molecule has 1 fully saturated rings. The maximum Gasteiger partial charge on any atom is 0.255 e. The predicted octanol–water partition coefficient (Wildman–Crippen LogP) is 2.34. The van der Waals surface area contributed by atoms with Gasteiger partial charge in [0.1, 0.15) is 11.0 Å². The maximum atomic E-state index is 13.0. The van der Waals surface area contributed by atoms with Gasteiger partial charge < -0.3 is 15.2 Å². The zero-order chi connectivity index (χ0) is 16.5. The summed E-state index contributed by atoms with van der Waals surface area (Å²) in [6, 6.07) is 3.50. The highest BCUT2D eigenvalue weighted by atomic mass is 32.2. The number of carbonyl (C=O) groups is 2. The number of thioether (sulfide) groups is 1. The number of carbonyl (C=O) groups excluding carboxylic acids is 2. The van der Waals surface area contributed by atoms with Crippen molar-refractivity contribution < 1.29 is 9.59 Å². The lowest BCUT2D eigenvalue weighted by Gasteiger charge is -2.23. The number of rotatable bonds is 3. The van der Waals surface area contributed by atoms with Gasteiger partial charge in [-0.1, -0.05) is 0 Å². The molecule has 126 valence electrons. The van der Waals surface area contributed by atoms with E-state index in [9.17, 15) is 9.59 Å². The molecule has 2 aromatic rings. The third kappa shape index (κ3) is 2.86. The summed E-state index contributed by atoms with van der Waals surface area (Å²) in [7, 11) is 0. The van der Waals surface area contributed by atoms with Crippen LogP contribution in [0.25, 0.3) is 5.00 Å². The molecule has 2 aliphatic rings. The van der Waals surface area contributed by atoms with Crippen LogP contribution >= 0.6 is 23.1 Å². The van der Waals surface area contributed by atoms with Gasteiger partial charge in [-0.15, -0.1) is 11.3 Å². The molecule has 0 aliphatic carbocycles. The molecule has 0 radical (unpaired) electrons. The van der Waals surface area contributed by atoms with Gasteiger partial charge in [-0.3, -0.25) is 9.59 Å². The molecule has 0 bridgehead atoms. The van der Waals surface area contributed by atoms with Gasteiger partial charge in [0.05, 0.1) is 5.56 Å². The van der Waals surface area contributed by atoms with Crippen molar-refractivity contribution in [2.45, 2.75) is 31.1 Å². The number of thiophene rings is 1. The van der Waals surface area contributed by atoms with Gasteiger partial charge in [0.15, 0.2) is 0 Å². The second-order valence-electron chi connectivity index (χ2n) is 6.04. The monoisotopic (exact) mass is 361 g/mol. The number of nitrogens with one attached hydrogen (secondary N) is 2. The van der Waals surface area contributed by atoms with E-state index in [1.165, 1.54) is 4.88 Å². The van der Waals surface area contributed by atoms with Crippen LogP contribution < -0.4 is 10.6 Å². The van der Waals surface area contributed by atoms with Gasteiger partial charge in [0, 0.05) is 29.6 Å². The van der Waals surface area contributed by atoms with Gasteiger partial charge in [-0.05, 0) is 42.7 Å². The minimum absolute atomic E-state index is 0.0724. The lowest BCUT2D eigenvalue weighted by atomic mass is 10.0. The molecule has 5 nitrogen and oxygen atoms in total. The van der Waals surface area contributed by atoms with E-state index < -0.39 is 6.04 Å². The highest BCUT2D eigenvalue weighted by Gasteiger charge is 2.30. The number of piperidine rings is 1. The van der Waals surface area contributed by atoms with Crippen molar-refractivity contribution in [2.24, 2.45) is 0 Å². The SMILES string of the molecule is O=C(N[C@H]1CCCNC1=O)c1c(-n2cccc2)sc2c1CCSC2. The number of aromatic nitrogens is 1. The van der Waals surface area contributed by atoms with Crippen molar-refractivity contribution in [2.75, 3.05) is 12.3 Å². The fraction of sp³-hybridized carbons (Fsp3) is 0.412. The van der Waals surface area contributed by atoms with Gasteiger partial charge in [-0.25, -0.2) is 0 Å². The molecule has 1 saturated heterocycles. The zero-order valence-electron chi connectivity index (χ0n) is 13.2. The van der Waals surface area contributed by atoms with E-state index in [4.69, 9.17) is 0 Å². The van der Waals surface area contributed by atoms with Crippen molar-refractivity contribution in [1.82, 2.24) is 15.2 Å². The Hall–Kier alpha value is -1.73. The molecular weight excluding hydrogens is 342 g/mol. The quantitative estimate of drug-likeness (QED) is 0.882. The summed E-state index contributed by atoms with van der Waals surface area (Å²) in [5.74, 6) is 1.81. The number of hydrogen-bond acceptors (Lipinski definition) is 4. The Morgan fingerprint density at radius 1 is 1.33 bits per heavy atom. The molecule has 0 spiro atoms. The van der Waals surface area contributed by atoms with Gasteiger partial charge >= 0.3 is 0 Å². The minimum atomic E-state index is -0.419. The molecular formula is C17H19N3O2S2. The van der Waals surface area contributed by atoms with Crippen LogP contribution in [0.3, 0.4) is 0 Å². The summed E-state index contributed by atoms with van der Waals surface area (Å²) in [5.41, 5.74) is 1.92. The lowest BCUT2D eigenvalue weighted by Crippen LogP contribution is -2.50. The molecule has 4 rings (SSSR count). The van der Waals surface area contributed by atoms with Crippen molar-refractivity contribution in [3.8, 4) is 5.00 Å². The summed E-state index contributed by atoms with van der Waals surface area (Å²) < 4.78 is 2.00. The topological polar surface area (TPSA) is 63.1 Å². The molecule has 2 N–H and O–H groups in total. The number of amides is 2. The largest absolute Gasteiger partial charge is 0.354 e. The van der Waals surface area contributed by atoms with E-state index in [0.29, 0.717) is 13.0 Å². The Morgan fingerprint density at radius 3 is 2.96 bits per heavy atom. The summed E-state index contributed by atoms with van der Waals surface area (Å²) in [6.07, 6.45) is 6.46. The average molecular weight is 361 g/mol. The first-order valence-electron chi connectivity index (χ1n) is 8.18. The Bertz CT molecular complexity index is 767. The van der Waals surface area contributed by atoms with Gasteiger partial charge in [-0.2, -0.15) is 11.8 Å². The van der Waals surface area contributed by atoms with E-state index in [1.54, 1.807) is 11.3 Å². The standard InChI is InChI=1S/C17H19N3O2S2/c21-15-12(4-3-6-18-15)19-16(22)14-11-5-9-23-10-13(11)24-17(14)20-7-1-2-8-20/h1-2,7-8,12H,3-6,9-10H2,(H,18,21)(H,19,22)/t12-/m0/s1. The Morgan fingerprint density at radius 2 is 2.17 bits per heavy atom. The maximum absolute atomic E-state index is 13.0. The first-order chi connectivity index (χ1) is 11.7. The summed E-state index contributed by atoms with van der Waals surface area (Å²) in [4.78, 5) is 26.3. The fourth-order valence-electron chi connectivity index (χ4n) is 3.24. The Labute approximate surface area is 148 Å². The minimum Gasteiger partial charge on any atom is -0.354 e. The van der Waals surface area contributed by atoms with Crippen molar-refractivity contribution >= 4 is 34.9 Å². The second-order valence-corrected chi connectivity index (χ2v) is 8.22. The van der Waals surface area contributed by atoms with Gasteiger partial charge in [0.2, 0.25) is 5.91 Å². The molecule has 0 saturated carbocycles. The molecule has 4 heterocycles. The lowest BCUT2D eigenvalue weighted by molar-refractivity contribution is -0.124. The molecule has 24 heavy (non-hydrogen) atoms. The van der Waals surface area contributed by atoms with E-state index >= 15 is 0 Å². The smallest absolute Gasteiger partial charge is 0.255 e. The van der Waals surface area contributed by atoms with Crippen LogP contribution in [0.5, 0.6) is 0 Å². The number of nitrogens with zero attached hydrogens (tertiary/aromatic N) is 1. The summed E-state index contributed by atoms with van der Waals surface area (Å²) >= 11 is 3.60.